The van der Waals surface area contributed by atoms with Crippen LogP contribution in [0.4, 0.5) is 0 Å². The van der Waals surface area contributed by atoms with E-state index in [1.807, 2.05) is 13.1 Å². The van der Waals surface area contributed by atoms with Crippen LogP contribution in [0.15, 0.2) is 12.7 Å². The summed E-state index contributed by atoms with van der Waals surface area (Å²) in [7, 11) is 1.86. The van der Waals surface area contributed by atoms with Crippen LogP contribution in [0, 0.1) is 11.3 Å². The Morgan fingerprint density at radius 3 is 2.47 bits per heavy atom. The van der Waals surface area contributed by atoms with Gasteiger partial charge in [-0.25, -0.2) is 0 Å². The van der Waals surface area contributed by atoms with Gasteiger partial charge in [-0.3, -0.25) is 4.79 Å². The summed E-state index contributed by atoms with van der Waals surface area (Å²) < 4.78 is 0. The third-order valence-corrected chi connectivity index (χ3v) is 2.77. The van der Waals surface area contributed by atoms with Crippen molar-refractivity contribution in [2.75, 3.05) is 20.1 Å². The number of nitrogens with two attached hydrogens (primary N) is 1. The van der Waals surface area contributed by atoms with Gasteiger partial charge in [-0.2, -0.15) is 0 Å². The van der Waals surface area contributed by atoms with Crippen molar-refractivity contribution < 1.29 is 4.79 Å². The van der Waals surface area contributed by atoms with Crippen LogP contribution in [0.3, 0.4) is 0 Å². The lowest BCUT2D eigenvalue weighted by molar-refractivity contribution is -0.134. The maximum absolute atomic E-state index is 12.2. The Labute approximate surface area is 106 Å². The zero-order valence-electron chi connectivity index (χ0n) is 11.8. The first-order valence-electron chi connectivity index (χ1n) is 6.37. The molecule has 1 atom stereocenters. The Morgan fingerprint density at radius 1 is 1.47 bits per heavy atom. The summed E-state index contributed by atoms with van der Waals surface area (Å²) in [6, 6.07) is 0. The molecule has 0 aromatic carbocycles. The molecule has 0 aromatic heterocycles. The largest absolute Gasteiger partial charge is 0.345 e. The quantitative estimate of drug-likeness (QED) is 0.549. The minimum absolute atomic E-state index is 0.0521. The standard InChI is InChI=1S/C14H28N2O/c1-6-7-8-9-16(5)13(17)12(11-15)10-14(2,3)4/h6,12H,1,7-11,15H2,2-5H3. The average Bonchev–Trinajstić information content (AvgIpc) is 2.23. The molecule has 0 fully saturated rings. The normalized spacial score (nSPS) is 13.2. The van der Waals surface area contributed by atoms with Gasteiger partial charge in [0.25, 0.3) is 0 Å². The molecule has 0 spiro atoms. The van der Waals surface area contributed by atoms with Crippen molar-refractivity contribution >= 4 is 5.91 Å². The van der Waals surface area contributed by atoms with E-state index in [0.717, 1.165) is 25.8 Å². The number of nitrogens with zero attached hydrogens (tertiary/aromatic N) is 1. The van der Waals surface area contributed by atoms with Crippen molar-refractivity contribution in [1.29, 1.82) is 0 Å². The molecule has 0 aromatic rings. The van der Waals surface area contributed by atoms with Gasteiger partial charge in [0.15, 0.2) is 0 Å². The van der Waals surface area contributed by atoms with Crippen molar-refractivity contribution in [1.82, 2.24) is 4.90 Å². The van der Waals surface area contributed by atoms with Gasteiger partial charge in [0.2, 0.25) is 5.91 Å². The number of carbonyl (C=O) groups excluding carboxylic acids is 1. The molecule has 0 rings (SSSR count). The predicted octanol–water partition coefficient (Wildman–Crippen LogP) is 2.42. The highest BCUT2D eigenvalue weighted by Gasteiger charge is 2.25. The Balaban J connectivity index is 4.27. The summed E-state index contributed by atoms with van der Waals surface area (Å²) in [5.41, 5.74) is 5.85. The van der Waals surface area contributed by atoms with Gasteiger partial charge in [-0.05, 0) is 24.7 Å². The molecule has 100 valence electrons. The summed E-state index contributed by atoms with van der Waals surface area (Å²) in [5.74, 6) is 0.121. The lowest BCUT2D eigenvalue weighted by Gasteiger charge is -2.28. The number of allylic oxidation sites excluding steroid dienone is 1. The molecule has 1 amide bonds. The summed E-state index contributed by atoms with van der Waals surface area (Å²) in [4.78, 5) is 14.0. The fourth-order valence-corrected chi connectivity index (χ4v) is 1.91. The average molecular weight is 240 g/mol. The molecule has 0 aliphatic heterocycles. The molecule has 0 radical (unpaired) electrons. The van der Waals surface area contributed by atoms with E-state index in [0.29, 0.717) is 6.54 Å². The highest BCUT2D eigenvalue weighted by Crippen LogP contribution is 2.24. The van der Waals surface area contributed by atoms with Gasteiger partial charge < -0.3 is 10.6 Å². The molecule has 0 aliphatic carbocycles. The van der Waals surface area contributed by atoms with Crippen LogP contribution in [0.2, 0.25) is 0 Å². The molecule has 0 aliphatic rings. The smallest absolute Gasteiger partial charge is 0.226 e. The minimum atomic E-state index is -0.0521. The Kier molecular flexibility index (Phi) is 7.12. The second kappa shape index (κ2) is 7.49. The number of hydrogen-bond donors (Lipinski definition) is 1. The zero-order chi connectivity index (χ0) is 13.5. The van der Waals surface area contributed by atoms with E-state index in [-0.39, 0.29) is 17.2 Å². The molecule has 17 heavy (non-hydrogen) atoms. The fraction of sp³-hybridized carbons (Fsp3) is 0.786. The van der Waals surface area contributed by atoms with Gasteiger partial charge in [0.1, 0.15) is 0 Å². The molecular weight excluding hydrogens is 212 g/mol. The number of hydrogen-bond acceptors (Lipinski definition) is 2. The van der Waals surface area contributed by atoms with Crippen LogP contribution < -0.4 is 5.73 Å². The van der Waals surface area contributed by atoms with Crippen molar-refractivity contribution in [3.05, 3.63) is 12.7 Å². The molecule has 3 heteroatoms. The lowest BCUT2D eigenvalue weighted by atomic mass is 9.84. The van der Waals surface area contributed by atoms with Gasteiger partial charge in [-0.15, -0.1) is 6.58 Å². The number of carbonyl (C=O) groups is 1. The Bertz CT molecular complexity index is 243. The molecule has 0 saturated heterocycles. The Morgan fingerprint density at radius 2 is 2.06 bits per heavy atom. The maximum atomic E-state index is 12.2. The SMILES string of the molecule is C=CCCCN(C)C(=O)C(CN)CC(C)(C)C. The summed E-state index contributed by atoms with van der Waals surface area (Å²) in [5, 5.41) is 0. The zero-order valence-corrected chi connectivity index (χ0v) is 11.8. The van der Waals surface area contributed by atoms with E-state index >= 15 is 0 Å². The van der Waals surface area contributed by atoms with Crippen LogP contribution in [0.1, 0.15) is 40.0 Å². The van der Waals surface area contributed by atoms with Crippen LogP contribution in [0.5, 0.6) is 0 Å². The van der Waals surface area contributed by atoms with E-state index in [1.54, 1.807) is 4.90 Å². The summed E-state index contributed by atoms with van der Waals surface area (Å²) >= 11 is 0. The number of amides is 1. The monoisotopic (exact) mass is 240 g/mol. The molecule has 0 saturated carbocycles. The third-order valence-electron chi connectivity index (χ3n) is 2.77. The third kappa shape index (κ3) is 7.16. The molecular formula is C14H28N2O. The minimum Gasteiger partial charge on any atom is -0.345 e. The fourth-order valence-electron chi connectivity index (χ4n) is 1.91. The van der Waals surface area contributed by atoms with Crippen LogP contribution in [-0.4, -0.2) is 30.9 Å². The van der Waals surface area contributed by atoms with E-state index in [2.05, 4.69) is 27.4 Å². The lowest BCUT2D eigenvalue weighted by Crippen LogP contribution is -2.38. The van der Waals surface area contributed by atoms with Crippen molar-refractivity contribution in [3.63, 3.8) is 0 Å². The number of rotatable bonds is 7. The molecule has 0 bridgehead atoms. The van der Waals surface area contributed by atoms with Gasteiger partial charge in [-0.1, -0.05) is 26.8 Å². The van der Waals surface area contributed by atoms with Gasteiger partial charge in [0, 0.05) is 20.1 Å². The van der Waals surface area contributed by atoms with E-state index in [9.17, 15) is 4.79 Å². The van der Waals surface area contributed by atoms with Crippen molar-refractivity contribution in [2.24, 2.45) is 17.1 Å². The highest BCUT2D eigenvalue weighted by atomic mass is 16.2. The van der Waals surface area contributed by atoms with E-state index in [4.69, 9.17) is 5.73 Å². The number of unbranched alkanes of at least 4 members (excludes halogenated alkanes) is 1. The van der Waals surface area contributed by atoms with E-state index in [1.165, 1.54) is 0 Å². The maximum Gasteiger partial charge on any atom is 0.226 e. The molecule has 3 nitrogen and oxygen atoms in total. The first kappa shape index (κ1) is 16.2. The van der Waals surface area contributed by atoms with Crippen molar-refractivity contribution in [3.8, 4) is 0 Å². The molecule has 2 N–H and O–H groups in total. The molecule has 0 heterocycles. The second-order valence-electron chi connectivity index (χ2n) is 5.89. The van der Waals surface area contributed by atoms with Gasteiger partial charge in [0.05, 0.1) is 5.92 Å². The second-order valence-corrected chi connectivity index (χ2v) is 5.89. The highest BCUT2D eigenvalue weighted by molar-refractivity contribution is 5.78. The van der Waals surface area contributed by atoms with E-state index < -0.39 is 0 Å². The van der Waals surface area contributed by atoms with Crippen molar-refractivity contribution in [2.45, 2.75) is 40.0 Å². The van der Waals surface area contributed by atoms with Gasteiger partial charge >= 0.3 is 0 Å². The van der Waals surface area contributed by atoms with Crippen LogP contribution >= 0.6 is 0 Å². The topological polar surface area (TPSA) is 46.3 Å². The first-order valence-corrected chi connectivity index (χ1v) is 6.37. The summed E-state index contributed by atoms with van der Waals surface area (Å²) in [6.45, 7) is 11.3. The van der Waals surface area contributed by atoms with Crippen LogP contribution in [0.25, 0.3) is 0 Å². The first-order chi connectivity index (χ1) is 7.81. The summed E-state index contributed by atoms with van der Waals surface area (Å²) in [6.07, 6.45) is 4.64. The van der Waals surface area contributed by atoms with Crippen LogP contribution in [-0.2, 0) is 4.79 Å². The molecule has 1 unspecified atom stereocenters. The Hall–Kier alpha value is -0.830. The predicted molar refractivity (Wildman–Crippen MR) is 73.7 cm³/mol.